The van der Waals surface area contributed by atoms with Gasteiger partial charge in [-0.2, -0.15) is 0 Å². The molecule has 7 nitrogen and oxygen atoms in total. The molecule has 0 radical (unpaired) electrons. The summed E-state index contributed by atoms with van der Waals surface area (Å²) in [7, 11) is 0. The van der Waals surface area contributed by atoms with Crippen LogP contribution in [0.15, 0.2) is 48.5 Å². The van der Waals surface area contributed by atoms with Gasteiger partial charge >= 0.3 is 6.09 Å². The predicted molar refractivity (Wildman–Crippen MR) is 129 cm³/mol. The monoisotopic (exact) mass is 453 g/mol. The van der Waals surface area contributed by atoms with Gasteiger partial charge in [-0.1, -0.05) is 30.3 Å². The fourth-order valence-electron chi connectivity index (χ4n) is 3.64. The van der Waals surface area contributed by atoms with Crippen molar-refractivity contribution in [1.82, 2.24) is 9.80 Å². The zero-order valence-electron chi connectivity index (χ0n) is 20.1. The van der Waals surface area contributed by atoms with E-state index in [0.717, 1.165) is 44.0 Å². The second kappa shape index (κ2) is 11.3. The molecule has 0 spiro atoms. The summed E-state index contributed by atoms with van der Waals surface area (Å²) in [6.07, 6.45) is -0.373. The van der Waals surface area contributed by atoms with Crippen LogP contribution in [0.1, 0.15) is 49.2 Å². The first-order valence-corrected chi connectivity index (χ1v) is 11.5. The normalized spacial score (nSPS) is 14.5. The number of benzene rings is 2. The van der Waals surface area contributed by atoms with E-state index in [0.29, 0.717) is 24.3 Å². The molecule has 0 saturated carbocycles. The number of nitrogens with one attached hydrogen (secondary N) is 1. The van der Waals surface area contributed by atoms with Crippen LogP contribution in [0.4, 0.5) is 10.5 Å². The van der Waals surface area contributed by atoms with Gasteiger partial charge in [0.05, 0.1) is 19.8 Å². The summed E-state index contributed by atoms with van der Waals surface area (Å²) in [5.41, 5.74) is 2.67. The van der Waals surface area contributed by atoms with Crippen molar-refractivity contribution in [2.45, 2.75) is 46.4 Å². The van der Waals surface area contributed by atoms with Gasteiger partial charge in [-0.05, 0) is 57.0 Å². The number of anilines is 1. The number of carbonyl (C=O) groups excluding carboxylic acids is 2. The van der Waals surface area contributed by atoms with E-state index in [2.05, 4.69) is 10.2 Å². The van der Waals surface area contributed by atoms with Crippen LogP contribution < -0.4 is 5.32 Å². The lowest BCUT2D eigenvalue weighted by molar-refractivity contribution is 0.0245. The maximum atomic E-state index is 13.0. The smallest absolute Gasteiger partial charge is 0.410 e. The molecule has 1 saturated heterocycles. The van der Waals surface area contributed by atoms with Crippen LogP contribution >= 0.6 is 0 Å². The highest BCUT2D eigenvalue weighted by molar-refractivity contribution is 6.04. The van der Waals surface area contributed by atoms with Crippen LogP contribution in [0.5, 0.6) is 0 Å². The van der Waals surface area contributed by atoms with E-state index in [4.69, 9.17) is 9.47 Å². The largest absolute Gasteiger partial charge is 0.444 e. The Bertz CT molecular complexity index is 949. The third kappa shape index (κ3) is 7.58. The third-order valence-corrected chi connectivity index (χ3v) is 5.36. The van der Waals surface area contributed by atoms with Crippen molar-refractivity contribution >= 4 is 17.7 Å². The van der Waals surface area contributed by atoms with Crippen molar-refractivity contribution in [2.24, 2.45) is 0 Å². The Kier molecular flexibility index (Phi) is 8.47. The molecular formula is C26H35N3O4. The van der Waals surface area contributed by atoms with Crippen molar-refractivity contribution in [3.05, 3.63) is 65.2 Å². The van der Waals surface area contributed by atoms with Crippen LogP contribution in [0.25, 0.3) is 0 Å². The highest BCUT2D eigenvalue weighted by atomic mass is 16.6. The fourth-order valence-corrected chi connectivity index (χ4v) is 3.64. The molecule has 1 fully saturated rings. The van der Waals surface area contributed by atoms with Crippen molar-refractivity contribution in [3.8, 4) is 0 Å². The number of hydrogen-bond acceptors (Lipinski definition) is 5. The molecule has 7 heteroatoms. The lowest BCUT2D eigenvalue weighted by Crippen LogP contribution is -2.36. The summed E-state index contributed by atoms with van der Waals surface area (Å²) >= 11 is 0. The number of amides is 2. The Balaban J connectivity index is 1.69. The molecule has 0 aromatic heterocycles. The summed E-state index contributed by atoms with van der Waals surface area (Å²) in [4.78, 5) is 29.5. The fraction of sp³-hybridized carbons (Fsp3) is 0.462. The Morgan fingerprint density at radius 3 is 2.52 bits per heavy atom. The Hall–Kier alpha value is -2.90. The van der Waals surface area contributed by atoms with Crippen molar-refractivity contribution < 1.29 is 19.1 Å². The van der Waals surface area contributed by atoms with Gasteiger partial charge in [-0.15, -0.1) is 0 Å². The molecule has 1 heterocycles. The number of para-hydroxylation sites is 1. The highest BCUT2D eigenvalue weighted by Gasteiger charge is 2.22. The lowest BCUT2D eigenvalue weighted by Gasteiger charge is -2.27. The molecule has 0 unspecified atom stereocenters. The molecule has 1 aliphatic heterocycles. The standard InChI is InChI=1S/C26H35N3O4/c1-5-29(25(31)33-26(2,3)4)19-22-10-6-7-12-23(22)27-24(30)21-11-8-9-20(17-21)18-28-13-15-32-16-14-28/h6-12,17H,5,13-16,18-19H2,1-4H3,(H,27,30). The molecule has 0 bridgehead atoms. The average molecular weight is 454 g/mol. The SMILES string of the molecule is CCN(Cc1ccccc1NC(=O)c1cccc(CN2CCOCC2)c1)C(=O)OC(C)(C)C. The molecule has 0 atom stereocenters. The minimum Gasteiger partial charge on any atom is -0.444 e. The summed E-state index contributed by atoms with van der Waals surface area (Å²) in [6.45, 7) is 12.4. The first-order valence-electron chi connectivity index (χ1n) is 11.5. The molecule has 33 heavy (non-hydrogen) atoms. The van der Waals surface area contributed by atoms with Crippen molar-refractivity contribution in [2.75, 3.05) is 38.2 Å². The van der Waals surface area contributed by atoms with Crippen LogP contribution in [-0.4, -0.2) is 60.2 Å². The number of carbonyl (C=O) groups is 2. The first kappa shape index (κ1) is 24.7. The van der Waals surface area contributed by atoms with E-state index in [9.17, 15) is 9.59 Å². The number of nitrogens with zero attached hydrogens (tertiary/aromatic N) is 2. The van der Waals surface area contributed by atoms with Gasteiger partial charge in [0.1, 0.15) is 5.60 Å². The van der Waals surface area contributed by atoms with Crippen LogP contribution in [0.3, 0.4) is 0 Å². The average Bonchev–Trinajstić information content (AvgIpc) is 2.78. The van der Waals surface area contributed by atoms with Gasteiger partial charge in [0, 0.05) is 37.4 Å². The van der Waals surface area contributed by atoms with Gasteiger partial charge in [-0.3, -0.25) is 9.69 Å². The van der Waals surface area contributed by atoms with Gasteiger partial charge < -0.3 is 19.7 Å². The van der Waals surface area contributed by atoms with E-state index in [1.165, 1.54) is 0 Å². The number of rotatable bonds is 7. The molecule has 2 aromatic carbocycles. The maximum Gasteiger partial charge on any atom is 0.410 e. The van der Waals surface area contributed by atoms with Crippen molar-refractivity contribution in [1.29, 1.82) is 0 Å². The predicted octanol–water partition coefficient (Wildman–Crippen LogP) is 4.53. The number of ether oxygens (including phenoxy) is 2. The second-order valence-electron chi connectivity index (χ2n) is 9.19. The lowest BCUT2D eigenvalue weighted by atomic mass is 10.1. The molecule has 3 rings (SSSR count). The van der Waals surface area contributed by atoms with Crippen LogP contribution in [0.2, 0.25) is 0 Å². The highest BCUT2D eigenvalue weighted by Crippen LogP contribution is 2.20. The van der Waals surface area contributed by atoms with E-state index in [-0.39, 0.29) is 12.0 Å². The molecule has 0 aliphatic carbocycles. The van der Waals surface area contributed by atoms with E-state index in [1.54, 1.807) is 4.90 Å². The molecule has 2 aromatic rings. The topological polar surface area (TPSA) is 71.1 Å². The molecular weight excluding hydrogens is 418 g/mol. The van der Waals surface area contributed by atoms with Gasteiger partial charge in [0.15, 0.2) is 0 Å². The minimum atomic E-state index is -0.565. The summed E-state index contributed by atoms with van der Waals surface area (Å²) in [5.74, 6) is -0.174. The zero-order valence-corrected chi connectivity index (χ0v) is 20.1. The molecule has 178 valence electrons. The van der Waals surface area contributed by atoms with Crippen LogP contribution in [0, 0.1) is 0 Å². The second-order valence-corrected chi connectivity index (χ2v) is 9.19. The summed E-state index contributed by atoms with van der Waals surface area (Å²) in [6, 6.07) is 15.3. The van der Waals surface area contributed by atoms with E-state index < -0.39 is 5.60 Å². The van der Waals surface area contributed by atoms with Crippen molar-refractivity contribution in [3.63, 3.8) is 0 Å². The molecule has 1 aliphatic rings. The summed E-state index contributed by atoms with van der Waals surface area (Å²) in [5, 5.41) is 3.02. The minimum absolute atomic E-state index is 0.174. The quantitative estimate of drug-likeness (QED) is 0.667. The Morgan fingerprint density at radius 1 is 1.09 bits per heavy atom. The Morgan fingerprint density at radius 2 is 1.82 bits per heavy atom. The molecule has 1 N–H and O–H groups in total. The molecule has 2 amide bonds. The summed E-state index contributed by atoms with van der Waals surface area (Å²) < 4.78 is 10.9. The maximum absolute atomic E-state index is 13.0. The van der Waals surface area contributed by atoms with Gasteiger partial charge in [-0.25, -0.2) is 4.79 Å². The van der Waals surface area contributed by atoms with E-state index in [1.807, 2.05) is 76.2 Å². The Labute approximate surface area is 196 Å². The first-order chi connectivity index (χ1) is 15.7. The zero-order chi connectivity index (χ0) is 23.8. The third-order valence-electron chi connectivity index (χ3n) is 5.36. The number of morpholine rings is 1. The van der Waals surface area contributed by atoms with Gasteiger partial charge in [0.2, 0.25) is 0 Å². The number of hydrogen-bond donors (Lipinski definition) is 1. The van der Waals surface area contributed by atoms with Crippen LogP contribution in [-0.2, 0) is 22.6 Å². The van der Waals surface area contributed by atoms with Gasteiger partial charge in [0.25, 0.3) is 5.91 Å². The van der Waals surface area contributed by atoms with E-state index >= 15 is 0 Å².